The number of hydrogen-bond donors (Lipinski definition) is 0. The van der Waals surface area contributed by atoms with E-state index < -0.39 is 0 Å². The first-order valence-electron chi connectivity index (χ1n) is 10.0. The maximum Gasteiger partial charge on any atom is 0.146 e. The summed E-state index contributed by atoms with van der Waals surface area (Å²) in [5, 5.41) is 3.40. The van der Waals surface area contributed by atoms with E-state index in [1.165, 1.54) is 16.5 Å². The number of anilines is 1. The molecule has 5 nitrogen and oxygen atoms in total. The van der Waals surface area contributed by atoms with Crippen LogP contribution in [0.5, 0.6) is 0 Å². The fourth-order valence-electron chi connectivity index (χ4n) is 3.78. The minimum absolute atomic E-state index is 0.740. The molecule has 1 aliphatic rings. The van der Waals surface area contributed by atoms with Crippen LogP contribution in [0.1, 0.15) is 12.2 Å². The SMILES string of the molecule is C#CCCN1CCN(c2nc(CN(C)C)nc3scc(-c4ccccc4)c23)CC1. The van der Waals surface area contributed by atoms with Gasteiger partial charge < -0.3 is 9.80 Å². The fourth-order valence-corrected chi connectivity index (χ4v) is 4.75. The van der Waals surface area contributed by atoms with Crippen LogP contribution in [0.15, 0.2) is 35.7 Å². The molecule has 0 unspecified atom stereocenters. The molecule has 0 bridgehead atoms. The smallest absolute Gasteiger partial charge is 0.146 e. The maximum atomic E-state index is 5.44. The second kappa shape index (κ2) is 8.91. The molecule has 6 heteroatoms. The van der Waals surface area contributed by atoms with Gasteiger partial charge in [0.25, 0.3) is 0 Å². The van der Waals surface area contributed by atoms with E-state index in [-0.39, 0.29) is 0 Å². The minimum Gasteiger partial charge on any atom is -0.353 e. The third-order valence-electron chi connectivity index (χ3n) is 5.25. The van der Waals surface area contributed by atoms with Gasteiger partial charge in [-0.05, 0) is 19.7 Å². The van der Waals surface area contributed by atoms with Crippen LogP contribution in [0.2, 0.25) is 0 Å². The van der Waals surface area contributed by atoms with Crippen molar-refractivity contribution in [3.63, 3.8) is 0 Å². The summed E-state index contributed by atoms with van der Waals surface area (Å²) >= 11 is 1.71. The van der Waals surface area contributed by atoms with Crippen molar-refractivity contribution in [1.29, 1.82) is 0 Å². The van der Waals surface area contributed by atoms with Crippen molar-refractivity contribution in [2.75, 3.05) is 51.7 Å². The largest absolute Gasteiger partial charge is 0.353 e. The van der Waals surface area contributed by atoms with E-state index in [0.29, 0.717) is 0 Å². The summed E-state index contributed by atoms with van der Waals surface area (Å²) < 4.78 is 0. The first-order valence-corrected chi connectivity index (χ1v) is 10.9. The Morgan fingerprint density at radius 2 is 1.86 bits per heavy atom. The molecule has 3 aromatic rings. The zero-order valence-corrected chi connectivity index (χ0v) is 18.0. The van der Waals surface area contributed by atoms with Gasteiger partial charge in [-0.2, -0.15) is 0 Å². The normalized spacial score (nSPS) is 15.2. The monoisotopic (exact) mass is 405 g/mol. The summed E-state index contributed by atoms with van der Waals surface area (Å²) in [5.41, 5.74) is 2.45. The molecule has 0 aliphatic carbocycles. The predicted molar refractivity (Wildman–Crippen MR) is 122 cm³/mol. The van der Waals surface area contributed by atoms with Crippen LogP contribution < -0.4 is 4.90 Å². The molecule has 0 spiro atoms. The highest BCUT2D eigenvalue weighted by atomic mass is 32.1. The summed E-state index contributed by atoms with van der Waals surface area (Å²) in [4.78, 5) is 18.0. The summed E-state index contributed by atoms with van der Waals surface area (Å²) in [6.07, 6.45) is 6.25. The number of fused-ring (bicyclic) bond motifs is 1. The van der Waals surface area contributed by atoms with Crippen LogP contribution in [-0.4, -0.2) is 66.6 Å². The van der Waals surface area contributed by atoms with Crippen molar-refractivity contribution >= 4 is 27.4 Å². The zero-order chi connectivity index (χ0) is 20.2. The van der Waals surface area contributed by atoms with Crippen molar-refractivity contribution in [1.82, 2.24) is 19.8 Å². The average Bonchev–Trinajstić information content (AvgIpc) is 3.16. The Kier molecular flexibility index (Phi) is 6.10. The lowest BCUT2D eigenvalue weighted by molar-refractivity contribution is 0.263. The van der Waals surface area contributed by atoms with Gasteiger partial charge in [0.05, 0.1) is 11.9 Å². The van der Waals surface area contributed by atoms with Crippen LogP contribution in [0.4, 0.5) is 5.82 Å². The second-order valence-electron chi connectivity index (χ2n) is 7.68. The van der Waals surface area contributed by atoms with E-state index in [1.54, 1.807) is 11.3 Å². The van der Waals surface area contributed by atoms with E-state index in [2.05, 4.69) is 70.4 Å². The van der Waals surface area contributed by atoms with Crippen molar-refractivity contribution in [2.45, 2.75) is 13.0 Å². The highest BCUT2D eigenvalue weighted by molar-refractivity contribution is 7.17. The second-order valence-corrected chi connectivity index (χ2v) is 8.54. The number of terminal acetylenes is 1. The quantitative estimate of drug-likeness (QED) is 0.586. The summed E-state index contributed by atoms with van der Waals surface area (Å²) in [6, 6.07) is 10.6. The Morgan fingerprint density at radius 1 is 1.10 bits per heavy atom. The molecule has 0 N–H and O–H groups in total. The molecular formula is C23H27N5S. The van der Waals surface area contributed by atoms with Gasteiger partial charge >= 0.3 is 0 Å². The molecule has 4 rings (SSSR count). The minimum atomic E-state index is 0.740. The summed E-state index contributed by atoms with van der Waals surface area (Å²) in [5.74, 6) is 4.71. The Bertz CT molecular complexity index is 997. The van der Waals surface area contributed by atoms with Crippen LogP contribution in [-0.2, 0) is 6.54 Å². The van der Waals surface area contributed by atoms with Crippen molar-refractivity contribution in [3.8, 4) is 23.5 Å². The van der Waals surface area contributed by atoms with Crippen molar-refractivity contribution in [2.24, 2.45) is 0 Å². The third-order valence-corrected chi connectivity index (χ3v) is 6.12. The van der Waals surface area contributed by atoms with E-state index in [0.717, 1.165) is 62.2 Å². The molecule has 0 atom stereocenters. The highest BCUT2D eigenvalue weighted by Gasteiger charge is 2.23. The van der Waals surface area contributed by atoms with Gasteiger partial charge in [0, 0.05) is 50.1 Å². The zero-order valence-electron chi connectivity index (χ0n) is 17.1. The fraction of sp³-hybridized carbons (Fsp3) is 0.391. The number of piperazine rings is 1. The maximum absolute atomic E-state index is 5.44. The van der Waals surface area contributed by atoms with Gasteiger partial charge in [0.2, 0.25) is 0 Å². The van der Waals surface area contributed by atoms with Crippen LogP contribution in [0.25, 0.3) is 21.3 Å². The average molecular weight is 406 g/mol. The number of hydrogen-bond acceptors (Lipinski definition) is 6. The van der Waals surface area contributed by atoms with Crippen molar-refractivity contribution in [3.05, 3.63) is 41.5 Å². The number of nitrogens with zero attached hydrogens (tertiary/aromatic N) is 5. The van der Waals surface area contributed by atoms with Crippen LogP contribution >= 0.6 is 11.3 Å². The van der Waals surface area contributed by atoms with Gasteiger partial charge in [-0.15, -0.1) is 23.7 Å². The Labute approximate surface area is 177 Å². The predicted octanol–water partition coefficient (Wildman–Crippen LogP) is 3.57. The molecule has 150 valence electrons. The first kappa shape index (κ1) is 19.8. The highest BCUT2D eigenvalue weighted by Crippen LogP contribution is 2.38. The van der Waals surface area contributed by atoms with Crippen LogP contribution in [0.3, 0.4) is 0 Å². The molecule has 0 radical (unpaired) electrons. The van der Waals surface area contributed by atoms with E-state index in [1.807, 2.05) is 0 Å². The Balaban J connectivity index is 1.72. The van der Waals surface area contributed by atoms with Gasteiger partial charge in [0.1, 0.15) is 16.5 Å². The van der Waals surface area contributed by atoms with E-state index in [4.69, 9.17) is 16.4 Å². The lowest BCUT2D eigenvalue weighted by Gasteiger charge is -2.35. The van der Waals surface area contributed by atoms with Gasteiger partial charge in [-0.1, -0.05) is 30.3 Å². The Hall–Kier alpha value is -2.46. The summed E-state index contributed by atoms with van der Waals surface area (Å²) in [6.45, 7) is 5.67. The van der Waals surface area contributed by atoms with Crippen molar-refractivity contribution < 1.29 is 0 Å². The summed E-state index contributed by atoms with van der Waals surface area (Å²) in [7, 11) is 4.11. The number of thiophene rings is 1. The van der Waals surface area contributed by atoms with Gasteiger partial charge in [0.15, 0.2) is 0 Å². The van der Waals surface area contributed by atoms with Gasteiger partial charge in [-0.25, -0.2) is 9.97 Å². The molecule has 2 aromatic heterocycles. The molecule has 1 saturated heterocycles. The lowest BCUT2D eigenvalue weighted by atomic mass is 10.1. The standard InChI is InChI=1S/C23H27N5S/c1-4-5-11-27-12-14-28(15-13-27)22-21-19(18-9-7-6-8-10-18)17-29-23(21)25-20(24-22)16-26(2)3/h1,6-10,17H,5,11-16H2,2-3H3. The van der Waals surface area contributed by atoms with Crippen LogP contribution in [0, 0.1) is 12.3 Å². The molecule has 29 heavy (non-hydrogen) atoms. The molecule has 1 aromatic carbocycles. The third kappa shape index (κ3) is 4.43. The van der Waals surface area contributed by atoms with E-state index >= 15 is 0 Å². The number of rotatable bonds is 6. The molecule has 3 heterocycles. The Morgan fingerprint density at radius 3 is 2.55 bits per heavy atom. The number of aromatic nitrogens is 2. The molecule has 0 saturated carbocycles. The lowest BCUT2D eigenvalue weighted by Crippen LogP contribution is -2.47. The number of benzene rings is 1. The van der Waals surface area contributed by atoms with Gasteiger partial charge in [-0.3, -0.25) is 4.90 Å². The molecule has 0 amide bonds. The topological polar surface area (TPSA) is 35.5 Å². The molecule has 1 fully saturated rings. The molecule has 1 aliphatic heterocycles. The first-order chi connectivity index (χ1) is 14.2. The van der Waals surface area contributed by atoms with E-state index in [9.17, 15) is 0 Å². The molecular weight excluding hydrogens is 378 g/mol.